The molecule has 0 unspecified atom stereocenters. The number of thioether (sulfide) groups is 1. The molecule has 0 aliphatic heterocycles. The molecule has 0 spiro atoms. The molecular formula is C22H23ClN4O2S. The fraction of sp³-hybridized carbons (Fsp3) is 0.364. The highest BCUT2D eigenvalue weighted by atomic mass is 35.5. The average molecular weight is 443 g/mol. The lowest BCUT2D eigenvalue weighted by atomic mass is 9.95. The first-order valence-electron chi connectivity index (χ1n) is 9.76. The number of carbonyl (C=O) groups excluding carboxylic acids is 1. The molecule has 1 aliphatic carbocycles. The molecule has 30 heavy (non-hydrogen) atoms. The Morgan fingerprint density at radius 2 is 2.00 bits per heavy atom. The van der Waals surface area contributed by atoms with Gasteiger partial charge in [-0.2, -0.15) is 0 Å². The van der Waals surface area contributed by atoms with Gasteiger partial charge in [0.2, 0.25) is 5.91 Å². The van der Waals surface area contributed by atoms with E-state index < -0.39 is 5.41 Å². The number of benzene rings is 1. The molecule has 6 nitrogen and oxygen atoms in total. The maximum absolute atomic E-state index is 12.5. The summed E-state index contributed by atoms with van der Waals surface area (Å²) in [6, 6.07) is 7.32. The second-order valence-electron chi connectivity index (χ2n) is 8.30. The Bertz CT molecular complexity index is 1100. The Morgan fingerprint density at radius 3 is 2.67 bits per heavy atom. The smallest absolute Gasteiger partial charge is 0.229 e. The summed E-state index contributed by atoms with van der Waals surface area (Å²) < 4.78 is 6.15. The number of hydrogen-bond donors (Lipinski definition) is 1. The highest BCUT2D eigenvalue weighted by Crippen LogP contribution is 2.45. The molecule has 1 N–H and O–H groups in total. The van der Waals surface area contributed by atoms with Crippen LogP contribution in [0.5, 0.6) is 0 Å². The van der Waals surface area contributed by atoms with Gasteiger partial charge in [-0.05, 0) is 31.2 Å². The molecule has 2 heterocycles. The van der Waals surface area contributed by atoms with Crippen LogP contribution >= 0.6 is 23.4 Å². The monoisotopic (exact) mass is 442 g/mol. The zero-order chi connectivity index (χ0) is 21.5. The molecule has 1 amide bonds. The van der Waals surface area contributed by atoms with Crippen molar-refractivity contribution in [3.63, 3.8) is 0 Å². The molecule has 156 valence electrons. The Kier molecular flexibility index (Phi) is 5.59. The molecule has 0 radical (unpaired) electrons. The van der Waals surface area contributed by atoms with Crippen LogP contribution in [-0.4, -0.2) is 27.1 Å². The van der Waals surface area contributed by atoms with Gasteiger partial charge in [0.05, 0.1) is 10.7 Å². The van der Waals surface area contributed by atoms with E-state index in [1.165, 1.54) is 11.8 Å². The number of carbonyl (C=O) groups is 1. The van der Waals surface area contributed by atoms with Crippen LogP contribution in [0.2, 0.25) is 5.02 Å². The molecule has 0 bridgehead atoms. The van der Waals surface area contributed by atoms with Crippen LogP contribution < -0.4 is 5.32 Å². The van der Waals surface area contributed by atoms with Gasteiger partial charge in [-0.1, -0.05) is 56.3 Å². The second kappa shape index (κ2) is 8.04. The number of nitrogens with one attached hydrogen (secondary N) is 1. The molecule has 0 saturated heterocycles. The first-order chi connectivity index (χ1) is 14.3. The molecule has 1 fully saturated rings. The summed E-state index contributed by atoms with van der Waals surface area (Å²) >= 11 is 8.19. The van der Waals surface area contributed by atoms with Crippen molar-refractivity contribution in [2.75, 3.05) is 11.6 Å². The summed E-state index contributed by atoms with van der Waals surface area (Å²) in [6.07, 6.45) is 5.76. The summed E-state index contributed by atoms with van der Waals surface area (Å²) in [7, 11) is 0. The molecule has 1 aliphatic rings. The van der Waals surface area contributed by atoms with E-state index in [1.807, 2.05) is 39.2 Å². The van der Waals surface area contributed by atoms with E-state index in [-0.39, 0.29) is 5.91 Å². The standard InChI is InChI=1S/C22H23ClN4O2S/c1-22(2,3)20(28)25-14-7-5-6-13(16(14)23)17-18(29-19(27-17)12-8-9-12)15-10-11-24-21(26-15)30-4/h5-7,10-12H,8-9H2,1-4H3,(H,25,28). The van der Waals surface area contributed by atoms with Crippen molar-refractivity contribution in [3.8, 4) is 22.7 Å². The molecule has 8 heteroatoms. The Balaban J connectivity index is 1.80. The molecule has 1 saturated carbocycles. The quantitative estimate of drug-likeness (QED) is 0.383. The van der Waals surface area contributed by atoms with Crippen LogP contribution in [0.15, 0.2) is 40.0 Å². The van der Waals surface area contributed by atoms with Gasteiger partial charge in [0.1, 0.15) is 11.4 Å². The van der Waals surface area contributed by atoms with Crippen LogP contribution in [0.25, 0.3) is 22.7 Å². The fourth-order valence-electron chi connectivity index (χ4n) is 2.88. The Labute approximate surface area is 184 Å². The van der Waals surface area contributed by atoms with Gasteiger partial charge < -0.3 is 9.73 Å². The van der Waals surface area contributed by atoms with Gasteiger partial charge in [-0.3, -0.25) is 4.79 Å². The minimum Gasteiger partial charge on any atom is -0.438 e. The predicted molar refractivity (Wildman–Crippen MR) is 120 cm³/mol. The summed E-state index contributed by atoms with van der Waals surface area (Å²) in [4.78, 5) is 26.1. The lowest BCUT2D eigenvalue weighted by Crippen LogP contribution is -2.27. The molecule has 2 aromatic heterocycles. The number of nitrogens with zero attached hydrogens (tertiary/aromatic N) is 3. The van der Waals surface area contributed by atoms with Crippen molar-refractivity contribution in [2.24, 2.45) is 5.41 Å². The number of anilines is 1. The van der Waals surface area contributed by atoms with Crippen LogP contribution in [0.3, 0.4) is 0 Å². The van der Waals surface area contributed by atoms with Crippen LogP contribution in [-0.2, 0) is 4.79 Å². The van der Waals surface area contributed by atoms with Gasteiger partial charge in [-0.25, -0.2) is 15.0 Å². The van der Waals surface area contributed by atoms with Gasteiger partial charge in [0.25, 0.3) is 0 Å². The first-order valence-corrected chi connectivity index (χ1v) is 11.4. The van der Waals surface area contributed by atoms with E-state index in [0.29, 0.717) is 50.4 Å². The number of amides is 1. The zero-order valence-corrected chi connectivity index (χ0v) is 18.9. The molecule has 0 atom stereocenters. The van der Waals surface area contributed by atoms with Crippen LogP contribution in [0, 0.1) is 5.41 Å². The number of aromatic nitrogens is 3. The Morgan fingerprint density at radius 1 is 1.23 bits per heavy atom. The van der Waals surface area contributed by atoms with E-state index in [0.717, 1.165) is 12.8 Å². The number of rotatable bonds is 5. The third-order valence-electron chi connectivity index (χ3n) is 4.80. The highest BCUT2D eigenvalue weighted by Gasteiger charge is 2.32. The fourth-order valence-corrected chi connectivity index (χ4v) is 3.50. The second-order valence-corrected chi connectivity index (χ2v) is 9.46. The number of halogens is 1. The maximum atomic E-state index is 12.5. The van der Waals surface area contributed by atoms with Crippen molar-refractivity contribution >= 4 is 35.0 Å². The SMILES string of the molecule is CSc1nccc(-c2oc(C3CC3)nc2-c2cccc(NC(=O)C(C)(C)C)c2Cl)n1. The van der Waals surface area contributed by atoms with Gasteiger partial charge in [0.15, 0.2) is 16.8 Å². The maximum Gasteiger partial charge on any atom is 0.229 e. The highest BCUT2D eigenvalue weighted by molar-refractivity contribution is 7.98. The number of oxazole rings is 1. The van der Waals surface area contributed by atoms with Crippen molar-refractivity contribution in [1.29, 1.82) is 0 Å². The molecule has 3 aromatic rings. The largest absolute Gasteiger partial charge is 0.438 e. The topological polar surface area (TPSA) is 80.9 Å². The van der Waals surface area contributed by atoms with Crippen molar-refractivity contribution in [2.45, 2.75) is 44.7 Å². The van der Waals surface area contributed by atoms with Gasteiger partial charge >= 0.3 is 0 Å². The minimum atomic E-state index is -0.535. The summed E-state index contributed by atoms with van der Waals surface area (Å²) in [5.41, 5.74) is 1.98. The third kappa shape index (κ3) is 4.23. The van der Waals surface area contributed by atoms with Crippen molar-refractivity contribution in [3.05, 3.63) is 41.4 Å². The van der Waals surface area contributed by atoms with E-state index in [4.69, 9.17) is 21.0 Å². The summed E-state index contributed by atoms with van der Waals surface area (Å²) in [5.74, 6) is 1.49. The lowest BCUT2D eigenvalue weighted by Gasteiger charge is -2.19. The van der Waals surface area contributed by atoms with E-state index in [9.17, 15) is 4.79 Å². The van der Waals surface area contributed by atoms with Gasteiger partial charge in [0, 0.05) is 23.1 Å². The summed E-state index contributed by atoms with van der Waals surface area (Å²) in [5, 5.41) is 4.00. The average Bonchev–Trinajstić information content (AvgIpc) is 3.48. The lowest BCUT2D eigenvalue weighted by molar-refractivity contribution is -0.123. The van der Waals surface area contributed by atoms with Crippen LogP contribution in [0.4, 0.5) is 5.69 Å². The first kappa shape index (κ1) is 20.9. The van der Waals surface area contributed by atoms with Crippen molar-refractivity contribution in [1.82, 2.24) is 15.0 Å². The number of hydrogen-bond acceptors (Lipinski definition) is 6. The molecular weight excluding hydrogens is 420 g/mol. The van der Waals surface area contributed by atoms with E-state index in [2.05, 4.69) is 15.3 Å². The van der Waals surface area contributed by atoms with Crippen LogP contribution in [0.1, 0.15) is 45.4 Å². The zero-order valence-electron chi connectivity index (χ0n) is 17.3. The third-order valence-corrected chi connectivity index (χ3v) is 5.77. The van der Waals surface area contributed by atoms with Crippen molar-refractivity contribution < 1.29 is 9.21 Å². The predicted octanol–water partition coefficient (Wildman–Crippen LogP) is 6.04. The van der Waals surface area contributed by atoms with E-state index in [1.54, 1.807) is 18.3 Å². The van der Waals surface area contributed by atoms with E-state index >= 15 is 0 Å². The molecule has 1 aromatic carbocycles. The Hall–Kier alpha value is -2.38. The molecule has 4 rings (SSSR count). The summed E-state index contributed by atoms with van der Waals surface area (Å²) in [6.45, 7) is 5.57. The normalized spacial score (nSPS) is 14.0. The van der Waals surface area contributed by atoms with Gasteiger partial charge in [-0.15, -0.1) is 0 Å². The minimum absolute atomic E-state index is 0.110.